The molecule has 1 N–H and O–H groups in total. The van der Waals surface area contributed by atoms with Gasteiger partial charge in [-0.25, -0.2) is 0 Å². The number of methoxy groups -OCH3 is 1. The van der Waals surface area contributed by atoms with E-state index in [0.717, 1.165) is 30.9 Å². The maximum absolute atomic E-state index is 12.2. The van der Waals surface area contributed by atoms with Gasteiger partial charge in [0.2, 0.25) is 0 Å². The van der Waals surface area contributed by atoms with Crippen molar-refractivity contribution in [2.24, 2.45) is 5.92 Å². The number of carbonyl (C=O) groups excluding carboxylic acids is 1. The maximum Gasteiger partial charge on any atom is 0.252 e. The van der Waals surface area contributed by atoms with Gasteiger partial charge in [0, 0.05) is 31.4 Å². The van der Waals surface area contributed by atoms with Crippen molar-refractivity contribution in [1.29, 1.82) is 0 Å². The van der Waals surface area contributed by atoms with E-state index in [4.69, 9.17) is 16.3 Å². The van der Waals surface area contributed by atoms with Crippen LogP contribution in [0, 0.1) is 5.92 Å². The molecule has 5 heteroatoms. The van der Waals surface area contributed by atoms with Crippen LogP contribution in [0.15, 0.2) is 48.5 Å². The lowest BCUT2D eigenvalue weighted by Crippen LogP contribution is -2.31. The average molecular weight is 345 g/mol. The first-order valence-corrected chi connectivity index (χ1v) is 8.47. The average Bonchev–Trinajstić information content (AvgIpc) is 3.09. The summed E-state index contributed by atoms with van der Waals surface area (Å²) in [5.74, 6) is 1.19. The lowest BCUT2D eigenvalue weighted by atomic mass is 10.1. The minimum atomic E-state index is -0.111. The van der Waals surface area contributed by atoms with E-state index in [0.29, 0.717) is 23.0 Å². The molecule has 0 radical (unpaired) electrons. The zero-order chi connectivity index (χ0) is 16.9. The predicted octanol–water partition coefficient (Wildman–Crippen LogP) is 3.60. The Labute approximate surface area is 147 Å². The topological polar surface area (TPSA) is 41.6 Å². The molecule has 0 aromatic heterocycles. The van der Waals surface area contributed by atoms with Gasteiger partial charge in [0.1, 0.15) is 5.75 Å². The van der Waals surface area contributed by atoms with Crippen molar-refractivity contribution >= 4 is 23.2 Å². The van der Waals surface area contributed by atoms with Crippen molar-refractivity contribution < 1.29 is 9.53 Å². The second-order valence-corrected chi connectivity index (χ2v) is 6.40. The minimum absolute atomic E-state index is 0.111. The molecule has 1 amide bonds. The van der Waals surface area contributed by atoms with Crippen LogP contribution >= 0.6 is 11.6 Å². The molecule has 1 aliphatic heterocycles. The van der Waals surface area contributed by atoms with Crippen molar-refractivity contribution in [3.8, 4) is 5.75 Å². The van der Waals surface area contributed by atoms with Crippen LogP contribution in [0.5, 0.6) is 5.75 Å². The molecular formula is C19H21ClN2O2. The van der Waals surface area contributed by atoms with Crippen molar-refractivity contribution in [2.75, 3.05) is 31.6 Å². The van der Waals surface area contributed by atoms with Gasteiger partial charge < -0.3 is 15.0 Å². The second kappa shape index (κ2) is 7.58. The lowest BCUT2D eigenvalue weighted by Gasteiger charge is -2.19. The number of halogens is 1. The number of carbonyl (C=O) groups is 1. The van der Waals surface area contributed by atoms with E-state index in [9.17, 15) is 4.79 Å². The SMILES string of the molecule is COc1cccc(N2CC[C@@H](CNC(=O)c3ccccc3Cl)C2)c1. The fourth-order valence-corrected chi connectivity index (χ4v) is 3.24. The molecule has 24 heavy (non-hydrogen) atoms. The van der Waals surface area contributed by atoms with Gasteiger partial charge in [-0.15, -0.1) is 0 Å². The van der Waals surface area contributed by atoms with Crippen molar-refractivity contribution in [2.45, 2.75) is 6.42 Å². The number of nitrogens with one attached hydrogen (secondary N) is 1. The molecule has 3 rings (SSSR count). The van der Waals surface area contributed by atoms with Gasteiger partial charge in [0.25, 0.3) is 5.91 Å². The third kappa shape index (κ3) is 3.82. The van der Waals surface area contributed by atoms with E-state index in [1.165, 1.54) is 0 Å². The predicted molar refractivity (Wildman–Crippen MR) is 97.1 cm³/mol. The molecule has 1 atom stereocenters. The molecule has 1 aliphatic rings. The number of nitrogens with zero attached hydrogens (tertiary/aromatic N) is 1. The number of ether oxygens (including phenoxy) is 1. The highest BCUT2D eigenvalue weighted by atomic mass is 35.5. The van der Waals surface area contributed by atoms with Crippen LogP contribution < -0.4 is 15.0 Å². The van der Waals surface area contributed by atoms with E-state index >= 15 is 0 Å². The summed E-state index contributed by atoms with van der Waals surface area (Å²) >= 11 is 6.07. The minimum Gasteiger partial charge on any atom is -0.497 e. The Balaban J connectivity index is 1.55. The normalized spacial score (nSPS) is 16.9. The van der Waals surface area contributed by atoms with Gasteiger partial charge in [0.15, 0.2) is 0 Å². The number of amides is 1. The maximum atomic E-state index is 12.2. The molecule has 1 heterocycles. The molecule has 1 fully saturated rings. The number of benzene rings is 2. The molecule has 126 valence electrons. The molecule has 0 bridgehead atoms. The molecule has 0 aliphatic carbocycles. The summed E-state index contributed by atoms with van der Waals surface area (Å²) in [6, 6.07) is 15.2. The first-order chi connectivity index (χ1) is 11.7. The van der Waals surface area contributed by atoms with Gasteiger partial charge in [0.05, 0.1) is 17.7 Å². The lowest BCUT2D eigenvalue weighted by molar-refractivity contribution is 0.0948. The third-order valence-electron chi connectivity index (χ3n) is 4.37. The summed E-state index contributed by atoms with van der Waals surface area (Å²) in [4.78, 5) is 14.6. The summed E-state index contributed by atoms with van der Waals surface area (Å²) < 4.78 is 5.28. The van der Waals surface area contributed by atoms with Gasteiger partial charge in [-0.1, -0.05) is 29.8 Å². The number of hydrogen-bond donors (Lipinski definition) is 1. The largest absolute Gasteiger partial charge is 0.497 e. The number of rotatable bonds is 5. The van der Waals surface area contributed by atoms with Crippen molar-refractivity contribution in [1.82, 2.24) is 5.32 Å². The Morgan fingerprint density at radius 2 is 2.12 bits per heavy atom. The highest BCUT2D eigenvalue weighted by Crippen LogP contribution is 2.26. The third-order valence-corrected chi connectivity index (χ3v) is 4.70. The second-order valence-electron chi connectivity index (χ2n) is 5.99. The summed E-state index contributed by atoms with van der Waals surface area (Å²) in [5, 5.41) is 3.49. The van der Waals surface area contributed by atoms with E-state index < -0.39 is 0 Å². The molecule has 0 unspecified atom stereocenters. The first-order valence-electron chi connectivity index (χ1n) is 8.09. The Bertz CT molecular complexity index is 720. The van der Waals surface area contributed by atoms with E-state index in [1.807, 2.05) is 30.3 Å². The van der Waals surface area contributed by atoms with Crippen LogP contribution in [-0.2, 0) is 0 Å². The van der Waals surface area contributed by atoms with Crippen LogP contribution in [-0.4, -0.2) is 32.7 Å². The van der Waals surface area contributed by atoms with Crippen LogP contribution in [0.4, 0.5) is 5.69 Å². The highest BCUT2D eigenvalue weighted by molar-refractivity contribution is 6.33. The molecule has 2 aromatic rings. The molecule has 2 aromatic carbocycles. The summed E-state index contributed by atoms with van der Waals surface area (Å²) in [6.07, 6.45) is 1.06. The van der Waals surface area contributed by atoms with Crippen molar-refractivity contribution in [3.63, 3.8) is 0 Å². The summed E-state index contributed by atoms with van der Waals surface area (Å²) in [6.45, 7) is 2.57. The Kier molecular flexibility index (Phi) is 5.26. The quantitative estimate of drug-likeness (QED) is 0.901. The number of anilines is 1. The summed E-state index contributed by atoms with van der Waals surface area (Å²) in [7, 11) is 1.68. The Morgan fingerprint density at radius 3 is 2.92 bits per heavy atom. The van der Waals surface area contributed by atoms with Crippen LogP contribution in [0.2, 0.25) is 5.02 Å². The highest BCUT2D eigenvalue weighted by Gasteiger charge is 2.23. The fourth-order valence-electron chi connectivity index (χ4n) is 3.02. The summed E-state index contributed by atoms with van der Waals surface area (Å²) in [5.41, 5.74) is 1.69. The van der Waals surface area contributed by atoms with Gasteiger partial charge in [-0.2, -0.15) is 0 Å². The monoisotopic (exact) mass is 344 g/mol. The van der Waals surface area contributed by atoms with Crippen molar-refractivity contribution in [3.05, 3.63) is 59.1 Å². The smallest absolute Gasteiger partial charge is 0.252 e. The Hall–Kier alpha value is -2.20. The van der Waals surface area contributed by atoms with Crippen LogP contribution in [0.25, 0.3) is 0 Å². The van der Waals surface area contributed by atoms with Gasteiger partial charge in [-0.05, 0) is 36.6 Å². The van der Waals surface area contributed by atoms with Crippen LogP contribution in [0.1, 0.15) is 16.8 Å². The molecule has 0 spiro atoms. The molecule has 0 saturated carbocycles. The van der Waals surface area contributed by atoms with E-state index in [1.54, 1.807) is 19.2 Å². The Morgan fingerprint density at radius 1 is 1.29 bits per heavy atom. The zero-order valence-corrected chi connectivity index (χ0v) is 14.4. The standard InChI is InChI=1S/C19H21ClN2O2/c1-24-16-6-4-5-15(11-16)22-10-9-14(13-22)12-21-19(23)17-7-2-3-8-18(17)20/h2-8,11,14H,9-10,12-13H2,1H3,(H,21,23)/t14-/m0/s1. The number of hydrogen-bond acceptors (Lipinski definition) is 3. The molecule has 1 saturated heterocycles. The molecular weight excluding hydrogens is 324 g/mol. The van der Waals surface area contributed by atoms with E-state index in [-0.39, 0.29) is 5.91 Å². The van der Waals surface area contributed by atoms with E-state index in [2.05, 4.69) is 16.3 Å². The molecule has 4 nitrogen and oxygen atoms in total. The first kappa shape index (κ1) is 16.7. The van der Waals surface area contributed by atoms with Gasteiger partial charge in [-0.3, -0.25) is 4.79 Å². The zero-order valence-electron chi connectivity index (χ0n) is 13.7. The fraction of sp³-hybridized carbons (Fsp3) is 0.316. The van der Waals surface area contributed by atoms with Crippen LogP contribution in [0.3, 0.4) is 0 Å². The van der Waals surface area contributed by atoms with Gasteiger partial charge >= 0.3 is 0 Å².